The summed E-state index contributed by atoms with van der Waals surface area (Å²) in [5, 5.41) is 5.21. The number of hydrogen-bond acceptors (Lipinski definition) is 8. The molecule has 0 aliphatic carbocycles. The van der Waals surface area contributed by atoms with E-state index in [1.54, 1.807) is 45.7 Å². The van der Waals surface area contributed by atoms with E-state index in [0.717, 1.165) is 16.3 Å². The van der Waals surface area contributed by atoms with Crippen molar-refractivity contribution in [1.29, 1.82) is 0 Å². The molecule has 1 aromatic carbocycles. The number of thiophene rings is 1. The molecule has 11 nitrogen and oxygen atoms in total. The first-order chi connectivity index (χ1) is 21.8. The number of hydrogen-bond donors (Lipinski definition) is 2. The molecule has 45 heavy (non-hydrogen) atoms. The average molecular weight is 648 g/mol. The SMILES string of the molecule is C#Cc1cc(C[C@@H](OC(=O)N2CCC(N3Cc4sccc4NC3=O)CC2)C(=O)N2CCN(c3ccncc3)CC2)cc(Cl)c1N. The maximum atomic E-state index is 13.9. The van der Waals surface area contributed by atoms with E-state index in [4.69, 9.17) is 28.5 Å². The zero-order valence-electron chi connectivity index (χ0n) is 24.7. The fourth-order valence-electron chi connectivity index (χ4n) is 6.09. The van der Waals surface area contributed by atoms with Gasteiger partial charge in [-0.25, -0.2) is 9.59 Å². The number of urea groups is 1. The summed E-state index contributed by atoms with van der Waals surface area (Å²) in [6, 6.07) is 9.03. The smallest absolute Gasteiger partial charge is 0.410 e. The molecule has 3 aliphatic heterocycles. The third-order valence-corrected chi connectivity index (χ3v) is 9.85. The molecular formula is C32H34ClN7O4S. The van der Waals surface area contributed by atoms with E-state index in [2.05, 4.69) is 21.1 Å². The number of fused-ring (bicyclic) bond motifs is 1. The van der Waals surface area contributed by atoms with Crippen molar-refractivity contribution in [2.24, 2.45) is 0 Å². The number of rotatable bonds is 6. The number of aromatic nitrogens is 1. The largest absolute Gasteiger partial charge is 0.436 e. The Labute approximate surface area is 270 Å². The van der Waals surface area contributed by atoms with Gasteiger partial charge in [0, 0.05) is 80.3 Å². The van der Waals surface area contributed by atoms with E-state index in [1.165, 1.54) is 0 Å². The highest BCUT2D eigenvalue weighted by Gasteiger charge is 2.36. The third-order valence-electron chi connectivity index (χ3n) is 8.63. The number of piperazine rings is 1. The van der Waals surface area contributed by atoms with Gasteiger partial charge in [-0.15, -0.1) is 17.8 Å². The minimum atomic E-state index is -1.09. The molecular weight excluding hydrogens is 614 g/mol. The van der Waals surface area contributed by atoms with Gasteiger partial charge in [0.2, 0.25) is 0 Å². The van der Waals surface area contributed by atoms with Crippen LogP contribution in [0, 0.1) is 12.3 Å². The highest BCUT2D eigenvalue weighted by Crippen LogP contribution is 2.32. The second kappa shape index (κ2) is 13.3. The fraction of sp³-hybridized carbons (Fsp3) is 0.375. The molecule has 6 rings (SSSR count). The number of ether oxygens (including phenoxy) is 1. The first kappa shape index (κ1) is 30.6. The highest BCUT2D eigenvalue weighted by atomic mass is 35.5. The number of amides is 4. The van der Waals surface area contributed by atoms with Crippen LogP contribution in [0.2, 0.25) is 5.02 Å². The Morgan fingerprint density at radius 1 is 1.11 bits per heavy atom. The first-order valence-corrected chi connectivity index (χ1v) is 16.1. The van der Waals surface area contributed by atoms with E-state index >= 15 is 0 Å². The number of anilines is 3. The molecule has 13 heteroatoms. The Morgan fingerprint density at radius 2 is 1.84 bits per heavy atom. The number of carbonyl (C=O) groups is 3. The van der Waals surface area contributed by atoms with Crippen LogP contribution in [-0.4, -0.2) is 89.1 Å². The van der Waals surface area contributed by atoms with Crippen molar-refractivity contribution >= 4 is 58.0 Å². The van der Waals surface area contributed by atoms with Crippen LogP contribution >= 0.6 is 22.9 Å². The molecule has 4 amide bonds. The van der Waals surface area contributed by atoms with E-state index < -0.39 is 12.2 Å². The van der Waals surface area contributed by atoms with Crippen LogP contribution in [0.25, 0.3) is 0 Å². The second-order valence-electron chi connectivity index (χ2n) is 11.3. The van der Waals surface area contributed by atoms with Crippen molar-refractivity contribution < 1.29 is 19.1 Å². The first-order valence-electron chi connectivity index (χ1n) is 14.9. The van der Waals surface area contributed by atoms with Gasteiger partial charge in [-0.1, -0.05) is 17.5 Å². The summed E-state index contributed by atoms with van der Waals surface area (Å²) >= 11 is 7.96. The molecule has 3 N–H and O–H groups in total. The Hall–Kier alpha value is -4.47. The van der Waals surface area contributed by atoms with Crippen LogP contribution in [0.5, 0.6) is 0 Å². The number of nitrogens with one attached hydrogen (secondary N) is 1. The zero-order valence-corrected chi connectivity index (χ0v) is 26.2. The molecule has 2 saturated heterocycles. The van der Waals surface area contributed by atoms with Gasteiger partial charge in [-0.05, 0) is 54.1 Å². The number of terminal acetylenes is 1. The summed E-state index contributed by atoms with van der Waals surface area (Å²) in [5.41, 5.74) is 9.28. The number of carbonyl (C=O) groups excluding carboxylic acids is 3. The molecule has 1 atom stereocenters. The Morgan fingerprint density at radius 3 is 2.56 bits per heavy atom. The number of nitrogens with two attached hydrogens (primary N) is 1. The van der Waals surface area contributed by atoms with Gasteiger partial charge in [0.05, 0.1) is 22.9 Å². The van der Waals surface area contributed by atoms with Crippen LogP contribution < -0.4 is 16.0 Å². The van der Waals surface area contributed by atoms with E-state index in [0.29, 0.717) is 69.8 Å². The summed E-state index contributed by atoms with van der Waals surface area (Å²) in [6.45, 7) is 3.59. The molecule has 3 aliphatic rings. The maximum Gasteiger partial charge on any atom is 0.410 e. The number of likely N-dealkylation sites (tertiary alicyclic amines) is 1. The van der Waals surface area contributed by atoms with E-state index in [1.807, 2.05) is 28.5 Å². The number of nitrogen functional groups attached to an aromatic ring is 1. The van der Waals surface area contributed by atoms with E-state index in [9.17, 15) is 14.4 Å². The van der Waals surface area contributed by atoms with Crippen LogP contribution in [-0.2, 0) is 22.5 Å². The van der Waals surface area contributed by atoms with Gasteiger partial charge in [-0.2, -0.15) is 0 Å². The summed E-state index contributed by atoms with van der Waals surface area (Å²) in [6.07, 6.45) is 8.79. The number of halogens is 1. The van der Waals surface area contributed by atoms with Crippen molar-refractivity contribution in [1.82, 2.24) is 19.7 Å². The lowest BCUT2D eigenvalue weighted by molar-refractivity contribution is -0.141. The lowest BCUT2D eigenvalue weighted by Crippen LogP contribution is -2.54. The highest BCUT2D eigenvalue weighted by molar-refractivity contribution is 7.10. The standard InChI is InChI=1S/C32H34ClN7O4S/c1-2-22-17-21(18-25(33)29(22)34)19-27(30(41)38-14-12-37(13-15-38)23-3-8-35-9-4-23)44-32(43)39-10-5-24(6-11-39)40-20-28-26(7-16-45-28)36-31(40)42/h1,3-4,7-9,16-18,24,27H,5-6,10-15,19-20,34H2,(H,36,42)/t27-/m1/s1. The van der Waals surface area contributed by atoms with Gasteiger partial charge >= 0.3 is 12.1 Å². The summed E-state index contributed by atoms with van der Waals surface area (Å²) in [4.78, 5) is 52.7. The van der Waals surface area contributed by atoms with Gasteiger partial charge in [0.15, 0.2) is 6.10 Å². The van der Waals surface area contributed by atoms with Crippen LogP contribution in [0.3, 0.4) is 0 Å². The van der Waals surface area contributed by atoms with Crippen molar-refractivity contribution in [3.63, 3.8) is 0 Å². The van der Waals surface area contributed by atoms with Crippen molar-refractivity contribution in [2.45, 2.75) is 38.0 Å². The molecule has 0 spiro atoms. The van der Waals surface area contributed by atoms with Gasteiger partial charge in [0.1, 0.15) is 0 Å². The Bertz CT molecular complexity index is 1610. The summed E-state index contributed by atoms with van der Waals surface area (Å²) in [5.74, 6) is 2.25. The quantitative estimate of drug-likeness (QED) is 0.303. The topological polar surface area (TPSA) is 124 Å². The Balaban J connectivity index is 1.12. The number of pyridine rings is 1. The third kappa shape index (κ3) is 6.65. The lowest BCUT2D eigenvalue weighted by Gasteiger charge is -2.40. The normalized spacial score (nSPS) is 17.7. The summed E-state index contributed by atoms with van der Waals surface area (Å²) < 4.78 is 5.96. The molecule has 2 fully saturated rings. The number of piperidine rings is 1. The number of benzene rings is 1. The minimum absolute atomic E-state index is 0.00229. The molecule has 0 radical (unpaired) electrons. The van der Waals surface area contributed by atoms with Crippen LogP contribution in [0.4, 0.5) is 26.7 Å². The molecule has 3 aromatic rings. The molecule has 5 heterocycles. The molecule has 0 saturated carbocycles. The minimum Gasteiger partial charge on any atom is -0.436 e. The monoisotopic (exact) mass is 647 g/mol. The predicted molar refractivity (Wildman–Crippen MR) is 174 cm³/mol. The molecule has 2 aromatic heterocycles. The number of nitrogens with zero attached hydrogens (tertiary/aromatic N) is 5. The maximum absolute atomic E-state index is 13.9. The molecule has 0 unspecified atom stereocenters. The van der Waals surface area contributed by atoms with Crippen molar-refractivity contribution in [3.05, 3.63) is 69.1 Å². The second-order valence-corrected chi connectivity index (χ2v) is 12.7. The predicted octanol–water partition coefficient (Wildman–Crippen LogP) is 4.27. The van der Waals surface area contributed by atoms with Gasteiger partial charge in [-0.3, -0.25) is 9.78 Å². The van der Waals surface area contributed by atoms with Crippen LogP contribution in [0.15, 0.2) is 48.1 Å². The van der Waals surface area contributed by atoms with Gasteiger partial charge < -0.3 is 35.4 Å². The van der Waals surface area contributed by atoms with Gasteiger partial charge in [0.25, 0.3) is 5.91 Å². The average Bonchev–Trinajstić information content (AvgIpc) is 3.53. The van der Waals surface area contributed by atoms with Crippen molar-refractivity contribution in [2.75, 3.05) is 55.2 Å². The van der Waals surface area contributed by atoms with E-state index in [-0.39, 0.29) is 35.1 Å². The summed E-state index contributed by atoms with van der Waals surface area (Å²) in [7, 11) is 0. The molecule has 234 valence electrons. The molecule has 0 bridgehead atoms. The van der Waals surface area contributed by atoms with Crippen LogP contribution in [0.1, 0.15) is 28.8 Å². The zero-order chi connectivity index (χ0) is 31.5. The lowest BCUT2D eigenvalue weighted by atomic mass is 10.0. The Kier molecular flexibility index (Phi) is 9.00. The van der Waals surface area contributed by atoms with Crippen molar-refractivity contribution in [3.8, 4) is 12.3 Å². The fourth-order valence-corrected chi connectivity index (χ4v) is 7.16.